The second kappa shape index (κ2) is 3.70. The van der Waals surface area contributed by atoms with Gasteiger partial charge in [-0.3, -0.25) is 4.79 Å². The van der Waals surface area contributed by atoms with Crippen LogP contribution in [0.25, 0.3) is 0 Å². The molecule has 1 aliphatic rings. The highest BCUT2D eigenvalue weighted by atomic mass is 19.1. The number of hydrogen-bond acceptors (Lipinski definition) is 2. The summed E-state index contributed by atoms with van der Waals surface area (Å²) >= 11 is 0. The summed E-state index contributed by atoms with van der Waals surface area (Å²) in [5.41, 5.74) is 0.424. The minimum Gasteiger partial charge on any atom is -0.326 e. The van der Waals surface area contributed by atoms with Crippen molar-refractivity contribution in [1.29, 1.82) is 5.26 Å². The number of nitriles is 1. The molecule has 76 valence electrons. The van der Waals surface area contributed by atoms with Crippen LogP contribution >= 0.6 is 0 Å². The summed E-state index contributed by atoms with van der Waals surface area (Å²) in [6, 6.07) is 5.71. The van der Waals surface area contributed by atoms with Crippen LogP contribution in [-0.2, 0) is 4.79 Å². The third-order valence-electron chi connectivity index (χ3n) is 2.30. The molecule has 1 aliphatic carbocycles. The van der Waals surface area contributed by atoms with Crippen molar-refractivity contribution in [2.75, 3.05) is 5.32 Å². The number of nitrogens with one attached hydrogen (secondary N) is 1. The Morgan fingerprint density at radius 3 is 2.87 bits per heavy atom. The summed E-state index contributed by atoms with van der Waals surface area (Å²) in [4.78, 5) is 11.4. The molecular weight excluding hydrogens is 195 g/mol. The van der Waals surface area contributed by atoms with Crippen molar-refractivity contribution < 1.29 is 9.18 Å². The Kier molecular flexibility index (Phi) is 2.38. The van der Waals surface area contributed by atoms with Gasteiger partial charge in [0.05, 0.1) is 5.56 Å². The van der Waals surface area contributed by atoms with Crippen molar-refractivity contribution in [3.05, 3.63) is 29.6 Å². The van der Waals surface area contributed by atoms with Gasteiger partial charge in [-0.25, -0.2) is 4.39 Å². The highest BCUT2D eigenvalue weighted by Gasteiger charge is 2.29. The lowest BCUT2D eigenvalue weighted by atomic mass is 10.2. The topological polar surface area (TPSA) is 52.9 Å². The Hall–Kier alpha value is -1.89. The third-order valence-corrected chi connectivity index (χ3v) is 2.30. The molecule has 0 aliphatic heterocycles. The second-order valence-electron chi connectivity index (χ2n) is 3.57. The molecule has 0 aromatic heterocycles. The Bertz CT molecular complexity index is 446. The SMILES string of the molecule is N#Cc1cc(NC(=O)C2CC2)ccc1F. The Labute approximate surface area is 86.5 Å². The van der Waals surface area contributed by atoms with Gasteiger partial charge in [0, 0.05) is 11.6 Å². The fraction of sp³-hybridized carbons (Fsp3) is 0.273. The molecular formula is C11H9FN2O. The molecule has 2 rings (SSSR count). The van der Waals surface area contributed by atoms with Gasteiger partial charge in [-0.05, 0) is 31.0 Å². The van der Waals surface area contributed by atoms with E-state index in [0.717, 1.165) is 12.8 Å². The minimum absolute atomic E-state index is 0.0505. The predicted octanol–water partition coefficient (Wildman–Crippen LogP) is 2.05. The third kappa shape index (κ3) is 2.13. The normalized spacial score (nSPS) is 14.4. The molecule has 1 aromatic carbocycles. The molecule has 1 aromatic rings. The molecule has 0 unspecified atom stereocenters. The average Bonchev–Trinajstić information content (AvgIpc) is 3.04. The van der Waals surface area contributed by atoms with Crippen molar-refractivity contribution in [2.24, 2.45) is 5.92 Å². The molecule has 0 atom stereocenters. The van der Waals surface area contributed by atoms with Crippen molar-refractivity contribution in [2.45, 2.75) is 12.8 Å². The molecule has 3 nitrogen and oxygen atoms in total. The predicted molar refractivity (Wildman–Crippen MR) is 52.5 cm³/mol. The Morgan fingerprint density at radius 2 is 2.27 bits per heavy atom. The first kappa shape index (κ1) is 9.66. The number of nitrogens with zero attached hydrogens (tertiary/aromatic N) is 1. The van der Waals surface area contributed by atoms with Gasteiger partial charge in [-0.1, -0.05) is 0 Å². The summed E-state index contributed by atoms with van der Waals surface area (Å²) in [6.07, 6.45) is 1.83. The quantitative estimate of drug-likeness (QED) is 0.801. The van der Waals surface area contributed by atoms with Gasteiger partial charge >= 0.3 is 0 Å². The molecule has 1 amide bonds. The maximum atomic E-state index is 12.9. The van der Waals surface area contributed by atoms with Crippen LogP contribution in [0.15, 0.2) is 18.2 Å². The van der Waals surface area contributed by atoms with E-state index >= 15 is 0 Å². The number of carbonyl (C=O) groups excluding carboxylic acids is 1. The van der Waals surface area contributed by atoms with Gasteiger partial charge in [0.1, 0.15) is 11.9 Å². The van der Waals surface area contributed by atoms with E-state index in [1.165, 1.54) is 18.2 Å². The first-order chi connectivity index (χ1) is 7.20. The van der Waals surface area contributed by atoms with Crippen LogP contribution in [0.2, 0.25) is 0 Å². The lowest BCUT2D eigenvalue weighted by molar-refractivity contribution is -0.117. The lowest BCUT2D eigenvalue weighted by Gasteiger charge is -2.04. The van der Waals surface area contributed by atoms with E-state index in [0.29, 0.717) is 5.69 Å². The fourth-order valence-corrected chi connectivity index (χ4v) is 1.28. The number of benzene rings is 1. The van der Waals surface area contributed by atoms with Gasteiger partial charge in [0.2, 0.25) is 5.91 Å². The monoisotopic (exact) mass is 204 g/mol. The number of rotatable bonds is 2. The van der Waals surface area contributed by atoms with Gasteiger partial charge in [-0.2, -0.15) is 5.26 Å². The largest absolute Gasteiger partial charge is 0.326 e. The zero-order valence-electron chi connectivity index (χ0n) is 7.96. The number of anilines is 1. The smallest absolute Gasteiger partial charge is 0.227 e. The maximum Gasteiger partial charge on any atom is 0.227 e. The van der Waals surface area contributed by atoms with Gasteiger partial charge in [0.15, 0.2) is 0 Å². The Balaban J connectivity index is 2.15. The van der Waals surface area contributed by atoms with E-state index in [4.69, 9.17) is 5.26 Å². The highest BCUT2D eigenvalue weighted by molar-refractivity contribution is 5.94. The molecule has 0 bridgehead atoms. The summed E-state index contributed by atoms with van der Waals surface area (Å²) < 4.78 is 12.9. The highest BCUT2D eigenvalue weighted by Crippen LogP contribution is 2.30. The Morgan fingerprint density at radius 1 is 1.53 bits per heavy atom. The molecule has 0 radical (unpaired) electrons. The standard InChI is InChI=1S/C11H9FN2O/c12-10-4-3-9(5-8(10)6-13)14-11(15)7-1-2-7/h3-5,7H,1-2H2,(H,14,15). The first-order valence-electron chi connectivity index (χ1n) is 4.71. The molecule has 1 fully saturated rings. The van der Waals surface area contributed by atoms with Crippen LogP contribution in [0.5, 0.6) is 0 Å². The molecule has 0 heterocycles. The second-order valence-corrected chi connectivity index (χ2v) is 3.57. The van der Waals surface area contributed by atoms with Crippen LogP contribution in [0, 0.1) is 23.1 Å². The van der Waals surface area contributed by atoms with Crippen molar-refractivity contribution in [3.63, 3.8) is 0 Å². The average molecular weight is 204 g/mol. The first-order valence-corrected chi connectivity index (χ1v) is 4.71. The fourth-order valence-electron chi connectivity index (χ4n) is 1.28. The van der Waals surface area contributed by atoms with Crippen LogP contribution in [0.1, 0.15) is 18.4 Å². The maximum absolute atomic E-state index is 12.9. The van der Waals surface area contributed by atoms with Gasteiger partial charge in [-0.15, -0.1) is 0 Å². The molecule has 0 spiro atoms. The minimum atomic E-state index is -0.568. The van der Waals surface area contributed by atoms with Crippen molar-refractivity contribution in [1.82, 2.24) is 0 Å². The lowest BCUT2D eigenvalue weighted by Crippen LogP contribution is -2.13. The van der Waals surface area contributed by atoms with Crippen LogP contribution in [0.3, 0.4) is 0 Å². The zero-order valence-corrected chi connectivity index (χ0v) is 7.96. The van der Waals surface area contributed by atoms with E-state index in [1.807, 2.05) is 0 Å². The van der Waals surface area contributed by atoms with E-state index in [-0.39, 0.29) is 17.4 Å². The number of carbonyl (C=O) groups is 1. The number of amides is 1. The molecule has 1 N–H and O–H groups in total. The number of halogens is 1. The summed E-state index contributed by atoms with van der Waals surface area (Å²) in [6.45, 7) is 0. The zero-order chi connectivity index (χ0) is 10.8. The number of hydrogen-bond donors (Lipinski definition) is 1. The summed E-state index contributed by atoms with van der Waals surface area (Å²) in [5.74, 6) is -0.520. The summed E-state index contributed by atoms with van der Waals surface area (Å²) in [5, 5.41) is 11.2. The molecule has 4 heteroatoms. The van der Waals surface area contributed by atoms with E-state index < -0.39 is 5.82 Å². The van der Waals surface area contributed by atoms with E-state index in [2.05, 4.69) is 5.32 Å². The van der Waals surface area contributed by atoms with E-state index in [9.17, 15) is 9.18 Å². The van der Waals surface area contributed by atoms with Crippen molar-refractivity contribution in [3.8, 4) is 6.07 Å². The molecule has 1 saturated carbocycles. The molecule has 15 heavy (non-hydrogen) atoms. The van der Waals surface area contributed by atoms with Gasteiger partial charge < -0.3 is 5.32 Å². The van der Waals surface area contributed by atoms with Gasteiger partial charge in [0.25, 0.3) is 0 Å². The van der Waals surface area contributed by atoms with Crippen LogP contribution in [0.4, 0.5) is 10.1 Å². The van der Waals surface area contributed by atoms with Crippen molar-refractivity contribution >= 4 is 11.6 Å². The summed E-state index contributed by atoms with van der Waals surface area (Å²) in [7, 11) is 0. The van der Waals surface area contributed by atoms with Crippen LogP contribution < -0.4 is 5.32 Å². The van der Waals surface area contributed by atoms with E-state index in [1.54, 1.807) is 6.07 Å². The van der Waals surface area contributed by atoms with Crippen LogP contribution in [-0.4, -0.2) is 5.91 Å². The molecule has 0 saturated heterocycles.